The van der Waals surface area contributed by atoms with Gasteiger partial charge in [-0.1, -0.05) is 12.7 Å². The van der Waals surface area contributed by atoms with Gasteiger partial charge in [0.1, 0.15) is 5.76 Å². The Kier molecular flexibility index (Phi) is 4.27. The number of amides is 1. The van der Waals surface area contributed by atoms with Crippen LogP contribution in [0.2, 0.25) is 0 Å². The van der Waals surface area contributed by atoms with Gasteiger partial charge < -0.3 is 9.73 Å². The number of aromatic nitrogens is 1. The first kappa shape index (κ1) is 12.0. The van der Waals surface area contributed by atoms with Crippen molar-refractivity contribution >= 4 is 12.0 Å². The molecule has 0 saturated carbocycles. The maximum absolute atomic E-state index is 10.2. The van der Waals surface area contributed by atoms with Crippen LogP contribution in [0.25, 0.3) is 5.57 Å². The number of carbonyl (C=O) groups excluding carboxylic acids is 1. The topological polar surface area (TPSA) is 55.1 Å². The Balaban J connectivity index is 2.84. The van der Waals surface area contributed by atoms with Gasteiger partial charge in [0.05, 0.1) is 6.20 Å². The van der Waals surface area contributed by atoms with E-state index in [9.17, 15) is 4.79 Å². The predicted octanol–water partition coefficient (Wildman–Crippen LogP) is 2.20. The second-order valence-electron chi connectivity index (χ2n) is 3.21. The Morgan fingerprint density at radius 1 is 1.56 bits per heavy atom. The molecule has 0 unspecified atom stereocenters. The second kappa shape index (κ2) is 5.70. The zero-order valence-corrected chi connectivity index (χ0v) is 9.36. The zero-order valence-electron chi connectivity index (χ0n) is 9.36. The fourth-order valence-corrected chi connectivity index (χ4v) is 1.07. The van der Waals surface area contributed by atoms with E-state index in [1.54, 1.807) is 24.4 Å². The summed E-state index contributed by atoms with van der Waals surface area (Å²) in [4.78, 5) is 14.3. The molecular weight excluding hydrogens is 204 g/mol. The molecule has 0 atom stereocenters. The van der Waals surface area contributed by atoms with Crippen molar-refractivity contribution in [3.8, 4) is 0 Å². The highest BCUT2D eigenvalue weighted by atomic mass is 16.4. The molecule has 1 aromatic rings. The Morgan fingerprint density at radius 3 is 2.81 bits per heavy atom. The molecule has 0 radical (unpaired) electrons. The van der Waals surface area contributed by atoms with Crippen molar-refractivity contribution in [1.29, 1.82) is 0 Å². The van der Waals surface area contributed by atoms with Gasteiger partial charge in [-0.3, -0.25) is 4.79 Å². The van der Waals surface area contributed by atoms with E-state index < -0.39 is 0 Å². The van der Waals surface area contributed by atoms with Gasteiger partial charge in [-0.2, -0.15) is 0 Å². The van der Waals surface area contributed by atoms with E-state index in [2.05, 4.69) is 16.9 Å². The molecule has 0 saturated heterocycles. The zero-order chi connectivity index (χ0) is 12.0. The van der Waals surface area contributed by atoms with Crippen LogP contribution in [0.3, 0.4) is 0 Å². The number of rotatable bonds is 5. The Labute approximate surface area is 94.4 Å². The van der Waals surface area contributed by atoms with Crippen LogP contribution in [-0.2, 0) is 4.79 Å². The number of hydrogen-bond acceptors (Lipinski definition) is 3. The van der Waals surface area contributed by atoms with Crippen molar-refractivity contribution in [2.24, 2.45) is 0 Å². The standard InChI is InChI=1S/C12H14N2O2/c1-4-11(14-8-15)6-5-9(2)12-13-7-10(3)16-12/h4-8H,1H2,2-3H3,(H,14,15)/b9-5+,11-6+. The smallest absolute Gasteiger partial charge is 0.221 e. The average molecular weight is 218 g/mol. The number of allylic oxidation sites excluding steroid dienone is 4. The second-order valence-corrected chi connectivity index (χ2v) is 3.21. The Hall–Kier alpha value is -2.10. The maximum atomic E-state index is 10.2. The van der Waals surface area contributed by atoms with Crippen LogP contribution in [-0.4, -0.2) is 11.4 Å². The summed E-state index contributed by atoms with van der Waals surface area (Å²) in [7, 11) is 0. The molecule has 16 heavy (non-hydrogen) atoms. The molecule has 0 bridgehead atoms. The molecule has 1 heterocycles. The van der Waals surface area contributed by atoms with E-state index in [4.69, 9.17) is 4.42 Å². The molecular formula is C12H14N2O2. The summed E-state index contributed by atoms with van der Waals surface area (Å²) in [5.41, 5.74) is 1.50. The molecule has 0 aliphatic carbocycles. The number of nitrogens with one attached hydrogen (secondary N) is 1. The highest BCUT2D eigenvalue weighted by molar-refractivity contribution is 5.59. The summed E-state index contributed by atoms with van der Waals surface area (Å²) in [6.07, 6.45) is 7.36. The molecule has 0 aliphatic heterocycles. The molecule has 84 valence electrons. The van der Waals surface area contributed by atoms with Crippen LogP contribution in [0.15, 0.2) is 41.1 Å². The number of aryl methyl sites for hydroxylation is 1. The van der Waals surface area contributed by atoms with Crippen LogP contribution >= 0.6 is 0 Å². The fraction of sp³-hybridized carbons (Fsp3) is 0.167. The van der Waals surface area contributed by atoms with Crippen LogP contribution < -0.4 is 5.32 Å². The van der Waals surface area contributed by atoms with Crippen LogP contribution in [0.1, 0.15) is 18.6 Å². The quantitative estimate of drug-likeness (QED) is 0.609. The third-order valence-corrected chi connectivity index (χ3v) is 1.92. The molecule has 1 amide bonds. The van der Waals surface area contributed by atoms with Crippen LogP contribution in [0.5, 0.6) is 0 Å². The number of oxazole rings is 1. The van der Waals surface area contributed by atoms with Gasteiger partial charge in [0.15, 0.2) is 0 Å². The van der Waals surface area contributed by atoms with Gasteiger partial charge in [0.25, 0.3) is 0 Å². The van der Waals surface area contributed by atoms with Crippen LogP contribution in [0, 0.1) is 6.92 Å². The van der Waals surface area contributed by atoms with Crippen LogP contribution in [0.4, 0.5) is 0 Å². The lowest BCUT2D eigenvalue weighted by Gasteiger charge is -1.96. The first-order valence-electron chi connectivity index (χ1n) is 4.81. The molecule has 4 heteroatoms. The van der Waals surface area contributed by atoms with Gasteiger partial charge >= 0.3 is 0 Å². The minimum atomic E-state index is 0.572. The van der Waals surface area contributed by atoms with E-state index in [-0.39, 0.29) is 0 Å². The van der Waals surface area contributed by atoms with Crippen molar-refractivity contribution in [3.05, 3.63) is 48.4 Å². The first-order valence-corrected chi connectivity index (χ1v) is 4.81. The van der Waals surface area contributed by atoms with Gasteiger partial charge in [-0.25, -0.2) is 4.98 Å². The van der Waals surface area contributed by atoms with Gasteiger partial charge in [-0.05, 0) is 26.0 Å². The highest BCUT2D eigenvalue weighted by Gasteiger charge is 2.01. The Morgan fingerprint density at radius 2 is 2.31 bits per heavy atom. The SMILES string of the molecule is C=C/C(=C\C=C(/C)c1ncc(C)o1)NC=O. The molecule has 0 spiro atoms. The van der Waals surface area contributed by atoms with Gasteiger partial charge in [0.2, 0.25) is 12.3 Å². The molecule has 0 aliphatic rings. The molecule has 0 fully saturated rings. The number of nitrogens with zero attached hydrogens (tertiary/aromatic N) is 1. The third-order valence-electron chi connectivity index (χ3n) is 1.92. The average Bonchev–Trinajstić information content (AvgIpc) is 2.70. The summed E-state index contributed by atoms with van der Waals surface area (Å²) in [6.45, 7) is 7.29. The third kappa shape index (κ3) is 3.24. The maximum Gasteiger partial charge on any atom is 0.221 e. The van der Waals surface area contributed by atoms with Crippen molar-refractivity contribution < 1.29 is 9.21 Å². The Bertz CT molecular complexity index is 442. The molecule has 0 aromatic carbocycles. The van der Waals surface area contributed by atoms with Crippen molar-refractivity contribution in [2.75, 3.05) is 0 Å². The lowest BCUT2D eigenvalue weighted by molar-refractivity contribution is -0.108. The number of hydrogen-bond donors (Lipinski definition) is 1. The highest BCUT2D eigenvalue weighted by Crippen LogP contribution is 2.13. The summed E-state index contributed by atoms with van der Waals surface area (Å²) in [6, 6.07) is 0. The van der Waals surface area contributed by atoms with Crippen molar-refractivity contribution in [3.63, 3.8) is 0 Å². The van der Waals surface area contributed by atoms with Gasteiger partial charge in [0, 0.05) is 11.3 Å². The fourth-order valence-electron chi connectivity index (χ4n) is 1.07. The minimum Gasteiger partial charge on any atom is -0.442 e. The summed E-state index contributed by atoms with van der Waals surface area (Å²) < 4.78 is 5.35. The molecule has 1 aromatic heterocycles. The van der Waals surface area contributed by atoms with E-state index >= 15 is 0 Å². The van der Waals surface area contributed by atoms with E-state index in [1.165, 1.54) is 0 Å². The number of carbonyl (C=O) groups is 1. The van der Waals surface area contributed by atoms with E-state index in [0.717, 1.165) is 11.3 Å². The first-order chi connectivity index (χ1) is 7.67. The molecule has 1 N–H and O–H groups in total. The predicted molar refractivity (Wildman–Crippen MR) is 62.4 cm³/mol. The van der Waals surface area contributed by atoms with Crippen molar-refractivity contribution in [1.82, 2.24) is 10.3 Å². The molecule has 4 nitrogen and oxygen atoms in total. The largest absolute Gasteiger partial charge is 0.442 e. The van der Waals surface area contributed by atoms with E-state index in [1.807, 2.05) is 13.8 Å². The summed E-state index contributed by atoms with van der Waals surface area (Å²) in [5.74, 6) is 1.34. The summed E-state index contributed by atoms with van der Waals surface area (Å²) >= 11 is 0. The van der Waals surface area contributed by atoms with Gasteiger partial charge in [-0.15, -0.1) is 0 Å². The molecule has 1 rings (SSSR count). The lowest BCUT2D eigenvalue weighted by atomic mass is 10.2. The normalized spacial score (nSPS) is 12.4. The summed E-state index contributed by atoms with van der Waals surface area (Å²) in [5, 5.41) is 2.51. The monoisotopic (exact) mass is 218 g/mol. The lowest BCUT2D eigenvalue weighted by Crippen LogP contribution is -2.07. The van der Waals surface area contributed by atoms with Crippen molar-refractivity contribution in [2.45, 2.75) is 13.8 Å². The van der Waals surface area contributed by atoms with E-state index in [0.29, 0.717) is 18.0 Å². The minimum absolute atomic E-state index is 0.572.